The number of rotatable bonds is 6. The first-order valence-corrected chi connectivity index (χ1v) is 9.68. The SMILES string of the molecule is CCc1ccc(S(=O)(=O)NC(CN)C2CCCCC2)s1. The average Bonchev–Trinajstić information content (AvgIpc) is 2.95. The molecule has 1 saturated carbocycles. The molecule has 2 rings (SSSR count). The van der Waals surface area contributed by atoms with Crippen molar-refractivity contribution >= 4 is 21.4 Å². The third-order valence-corrected chi connectivity index (χ3v) is 7.24. The monoisotopic (exact) mass is 316 g/mol. The van der Waals surface area contributed by atoms with Crippen LogP contribution < -0.4 is 10.5 Å². The summed E-state index contributed by atoms with van der Waals surface area (Å²) in [6.45, 7) is 2.40. The van der Waals surface area contributed by atoms with E-state index < -0.39 is 10.0 Å². The van der Waals surface area contributed by atoms with E-state index in [-0.39, 0.29) is 6.04 Å². The maximum Gasteiger partial charge on any atom is 0.250 e. The molecule has 1 aliphatic carbocycles. The van der Waals surface area contributed by atoms with Crippen LogP contribution in [0.4, 0.5) is 0 Å². The Morgan fingerprint density at radius 1 is 1.35 bits per heavy atom. The summed E-state index contributed by atoms with van der Waals surface area (Å²) < 4.78 is 28.1. The number of hydrogen-bond acceptors (Lipinski definition) is 4. The fraction of sp³-hybridized carbons (Fsp3) is 0.714. The van der Waals surface area contributed by atoms with Gasteiger partial charge in [-0.15, -0.1) is 11.3 Å². The van der Waals surface area contributed by atoms with Crippen molar-refractivity contribution in [3.05, 3.63) is 17.0 Å². The summed E-state index contributed by atoms with van der Waals surface area (Å²) in [5.41, 5.74) is 5.80. The fourth-order valence-corrected chi connectivity index (χ4v) is 5.45. The Morgan fingerprint density at radius 2 is 2.05 bits per heavy atom. The number of aryl methyl sites for hydroxylation is 1. The van der Waals surface area contributed by atoms with Crippen LogP contribution >= 0.6 is 11.3 Å². The highest BCUT2D eigenvalue weighted by atomic mass is 32.2. The molecule has 0 aromatic carbocycles. The predicted octanol–water partition coefficient (Wildman–Crippen LogP) is 2.50. The first kappa shape index (κ1) is 15.9. The Bertz CT molecular complexity index is 519. The first-order valence-electron chi connectivity index (χ1n) is 7.38. The molecule has 1 aromatic rings. The minimum absolute atomic E-state index is 0.132. The molecule has 3 N–H and O–H groups in total. The number of nitrogens with two attached hydrogens (primary N) is 1. The van der Waals surface area contributed by atoms with Crippen LogP contribution in [0.2, 0.25) is 0 Å². The summed E-state index contributed by atoms with van der Waals surface area (Å²) in [7, 11) is -3.42. The molecule has 0 bridgehead atoms. The smallest absolute Gasteiger partial charge is 0.250 e. The Hall–Kier alpha value is -0.430. The highest BCUT2D eigenvalue weighted by molar-refractivity contribution is 7.91. The predicted molar refractivity (Wildman–Crippen MR) is 83.4 cm³/mol. The van der Waals surface area contributed by atoms with E-state index in [0.29, 0.717) is 16.7 Å². The number of nitrogens with one attached hydrogen (secondary N) is 1. The van der Waals surface area contributed by atoms with Gasteiger partial charge in [-0.05, 0) is 37.3 Å². The van der Waals surface area contributed by atoms with Crippen molar-refractivity contribution in [1.29, 1.82) is 0 Å². The molecular weight excluding hydrogens is 292 g/mol. The lowest BCUT2D eigenvalue weighted by atomic mass is 9.84. The zero-order valence-electron chi connectivity index (χ0n) is 12.0. The molecule has 1 heterocycles. The first-order chi connectivity index (χ1) is 9.56. The van der Waals surface area contributed by atoms with Gasteiger partial charge in [-0.3, -0.25) is 0 Å². The second-order valence-corrected chi connectivity index (χ2v) is 8.55. The quantitative estimate of drug-likeness (QED) is 0.847. The van der Waals surface area contributed by atoms with Gasteiger partial charge in [-0.25, -0.2) is 13.1 Å². The summed E-state index contributed by atoms with van der Waals surface area (Å²) >= 11 is 1.35. The molecule has 0 aliphatic heterocycles. The normalized spacial score (nSPS) is 19.1. The van der Waals surface area contributed by atoms with E-state index in [1.165, 1.54) is 30.6 Å². The molecule has 6 heteroatoms. The fourth-order valence-electron chi connectivity index (χ4n) is 2.82. The van der Waals surface area contributed by atoms with Crippen molar-refractivity contribution in [2.24, 2.45) is 11.7 Å². The van der Waals surface area contributed by atoms with Crippen LogP contribution in [0.1, 0.15) is 43.9 Å². The lowest BCUT2D eigenvalue weighted by Crippen LogP contribution is -2.45. The molecule has 1 fully saturated rings. The Balaban J connectivity index is 2.08. The van der Waals surface area contributed by atoms with Crippen molar-refractivity contribution in [2.75, 3.05) is 6.54 Å². The molecule has 4 nitrogen and oxygen atoms in total. The van der Waals surface area contributed by atoms with Crippen LogP contribution in [-0.4, -0.2) is 21.0 Å². The van der Waals surface area contributed by atoms with E-state index in [0.717, 1.165) is 24.1 Å². The van der Waals surface area contributed by atoms with Crippen LogP contribution in [0.25, 0.3) is 0 Å². The van der Waals surface area contributed by atoms with E-state index in [2.05, 4.69) is 4.72 Å². The van der Waals surface area contributed by atoms with Gasteiger partial charge in [-0.2, -0.15) is 0 Å². The van der Waals surface area contributed by atoms with E-state index in [4.69, 9.17) is 5.73 Å². The van der Waals surface area contributed by atoms with Gasteiger partial charge in [0.2, 0.25) is 10.0 Å². The molecule has 1 atom stereocenters. The van der Waals surface area contributed by atoms with E-state index >= 15 is 0 Å². The number of hydrogen-bond donors (Lipinski definition) is 2. The van der Waals surface area contributed by atoms with Gasteiger partial charge in [0.1, 0.15) is 4.21 Å². The van der Waals surface area contributed by atoms with Gasteiger partial charge >= 0.3 is 0 Å². The van der Waals surface area contributed by atoms with Crippen LogP contribution in [0.3, 0.4) is 0 Å². The number of thiophene rings is 1. The van der Waals surface area contributed by atoms with Crippen molar-refractivity contribution in [1.82, 2.24) is 4.72 Å². The zero-order chi connectivity index (χ0) is 14.6. The van der Waals surface area contributed by atoms with E-state index in [1.807, 2.05) is 13.0 Å². The van der Waals surface area contributed by atoms with E-state index in [1.54, 1.807) is 6.07 Å². The van der Waals surface area contributed by atoms with Gasteiger partial charge in [-0.1, -0.05) is 26.2 Å². The van der Waals surface area contributed by atoms with Crippen molar-refractivity contribution in [2.45, 2.75) is 55.7 Å². The molecule has 1 aromatic heterocycles. The van der Waals surface area contributed by atoms with E-state index in [9.17, 15) is 8.42 Å². The Labute approximate surface area is 125 Å². The lowest BCUT2D eigenvalue weighted by Gasteiger charge is -2.29. The highest BCUT2D eigenvalue weighted by Crippen LogP contribution is 2.28. The van der Waals surface area contributed by atoms with Gasteiger partial charge in [0.15, 0.2) is 0 Å². The second-order valence-electron chi connectivity index (χ2n) is 5.44. The Morgan fingerprint density at radius 3 is 2.60 bits per heavy atom. The van der Waals surface area contributed by atoms with Crippen LogP contribution in [0, 0.1) is 5.92 Å². The van der Waals surface area contributed by atoms with Gasteiger partial charge in [0.25, 0.3) is 0 Å². The largest absolute Gasteiger partial charge is 0.329 e. The molecule has 1 unspecified atom stereocenters. The zero-order valence-corrected chi connectivity index (χ0v) is 13.6. The molecule has 1 aliphatic rings. The van der Waals surface area contributed by atoms with Crippen LogP contribution in [0.5, 0.6) is 0 Å². The number of sulfonamides is 1. The molecule has 0 saturated heterocycles. The molecule has 114 valence electrons. The summed E-state index contributed by atoms with van der Waals surface area (Å²) in [6.07, 6.45) is 6.64. The molecule has 20 heavy (non-hydrogen) atoms. The molecule has 0 spiro atoms. The van der Waals surface area contributed by atoms with Crippen molar-refractivity contribution < 1.29 is 8.42 Å². The summed E-state index contributed by atoms with van der Waals surface area (Å²) in [5, 5.41) is 0. The standard InChI is InChI=1S/C14H24N2O2S2/c1-2-12-8-9-14(19-12)20(17,18)16-13(10-15)11-6-4-3-5-7-11/h8-9,11,13,16H,2-7,10,15H2,1H3. The topological polar surface area (TPSA) is 72.2 Å². The highest BCUT2D eigenvalue weighted by Gasteiger charge is 2.28. The molecule has 0 amide bonds. The minimum Gasteiger partial charge on any atom is -0.329 e. The second kappa shape index (κ2) is 7.02. The maximum absolute atomic E-state index is 12.4. The summed E-state index contributed by atoms with van der Waals surface area (Å²) in [5.74, 6) is 0.383. The maximum atomic E-state index is 12.4. The van der Waals surface area contributed by atoms with Gasteiger partial charge in [0.05, 0.1) is 0 Å². The third kappa shape index (κ3) is 3.81. The van der Waals surface area contributed by atoms with Crippen molar-refractivity contribution in [3.8, 4) is 0 Å². The molecular formula is C14H24N2O2S2. The lowest BCUT2D eigenvalue weighted by molar-refractivity contribution is 0.294. The van der Waals surface area contributed by atoms with Gasteiger partial charge < -0.3 is 5.73 Å². The third-order valence-electron chi connectivity index (χ3n) is 4.03. The Kier molecular flexibility index (Phi) is 5.60. The van der Waals surface area contributed by atoms with Crippen molar-refractivity contribution in [3.63, 3.8) is 0 Å². The van der Waals surface area contributed by atoms with Gasteiger partial charge in [0, 0.05) is 17.5 Å². The summed E-state index contributed by atoms with van der Waals surface area (Å²) in [6, 6.07) is 3.45. The van der Waals surface area contributed by atoms with Crippen LogP contribution in [0.15, 0.2) is 16.3 Å². The molecule has 0 radical (unpaired) electrons. The van der Waals surface area contributed by atoms with Crippen LogP contribution in [-0.2, 0) is 16.4 Å². The minimum atomic E-state index is -3.42. The average molecular weight is 316 g/mol. The summed E-state index contributed by atoms with van der Waals surface area (Å²) in [4.78, 5) is 1.09.